The molecule has 1 saturated carbocycles. The van der Waals surface area contributed by atoms with Gasteiger partial charge >= 0.3 is 0 Å². The van der Waals surface area contributed by atoms with Crippen molar-refractivity contribution in [2.45, 2.75) is 46.2 Å². The van der Waals surface area contributed by atoms with Crippen molar-refractivity contribution in [3.05, 3.63) is 77.6 Å². The second-order valence-electron chi connectivity index (χ2n) is 8.31. The molecule has 1 amide bonds. The van der Waals surface area contributed by atoms with Gasteiger partial charge < -0.3 is 5.32 Å². The Bertz CT molecular complexity index is 993. The molecule has 1 unspecified atom stereocenters. The number of benzene rings is 2. The molecule has 1 aromatic heterocycles. The Morgan fingerprint density at radius 3 is 2.37 bits per heavy atom. The predicted molar refractivity (Wildman–Crippen MR) is 121 cm³/mol. The van der Waals surface area contributed by atoms with E-state index in [1.165, 1.54) is 18.4 Å². The molecule has 2 aromatic carbocycles. The molecule has 1 atom stereocenters. The van der Waals surface area contributed by atoms with Gasteiger partial charge in [-0.05, 0) is 57.2 Å². The Balaban J connectivity index is 1.49. The van der Waals surface area contributed by atoms with E-state index in [9.17, 15) is 4.79 Å². The molecule has 3 aromatic rings. The molecule has 4 rings (SSSR count). The van der Waals surface area contributed by atoms with Gasteiger partial charge in [-0.15, -0.1) is 0 Å². The number of nitrogens with one attached hydrogen (secondary N) is 1. The average Bonchev–Trinajstić information content (AvgIpc) is 3.57. The maximum Gasteiger partial charge on any atom is 0.238 e. The Labute approximate surface area is 178 Å². The van der Waals surface area contributed by atoms with Crippen LogP contribution in [0, 0.1) is 19.8 Å². The molecule has 1 heterocycles. The number of carbonyl (C=O) groups is 1. The largest absolute Gasteiger partial charge is 0.322 e. The summed E-state index contributed by atoms with van der Waals surface area (Å²) in [5.74, 6) is 0.711. The molecule has 5 nitrogen and oxygen atoms in total. The molecular weight excluding hydrogens is 372 g/mol. The highest BCUT2D eigenvalue weighted by atomic mass is 16.2. The van der Waals surface area contributed by atoms with Crippen LogP contribution < -0.4 is 5.32 Å². The van der Waals surface area contributed by atoms with Gasteiger partial charge in [0.05, 0.1) is 29.3 Å². The summed E-state index contributed by atoms with van der Waals surface area (Å²) in [6.07, 6.45) is 2.52. The SMILES string of the molecule is Cc1nn(-c2ccccc2)c(C)c1NC(=O)CN(Cc1ccccc1)C(C)C1CC1. The third-order valence-electron chi connectivity index (χ3n) is 6.01. The summed E-state index contributed by atoms with van der Waals surface area (Å²) in [6.45, 7) is 7.35. The minimum absolute atomic E-state index is 0.0113. The van der Waals surface area contributed by atoms with Crippen LogP contribution in [0.4, 0.5) is 5.69 Å². The van der Waals surface area contributed by atoms with E-state index in [2.05, 4.69) is 46.5 Å². The maximum absolute atomic E-state index is 13.0. The zero-order valence-corrected chi connectivity index (χ0v) is 18.0. The number of para-hydroxylation sites is 1. The molecule has 0 aliphatic heterocycles. The second kappa shape index (κ2) is 8.84. The molecule has 0 radical (unpaired) electrons. The number of amides is 1. The highest BCUT2D eigenvalue weighted by Crippen LogP contribution is 2.35. The standard InChI is InChI=1S/C25H30N4O/c1-18-25(20(3)29(27-18)23-12-8-5-9-13-23)26-24(30)17-28(19(2)22-14-15-22)16-21-10-6-4-7-11-21/h4-13,19,22H,14-17H2,1-3H3,(H,26,30). The zero-order chi connectivity index (χ0) is 21.1. The van der Waals surface area contributed by atoms with Gasteiger partial charge in [-0.3, -0.25) is 9.69 Å². The monoisotopic (exact) mass is 402 g/mol. The van der Waals surface area contributed by atoms with Gasteiger partial charge in [0, 0.05) is 12.6 Å². The highest BCUT2D eigenvalue weighted by Gasteiger charge is 2.33. The number of hydrogen-bond acceptors (Lipinski definition) is 3. The van der Waals surface area contributed by atoms with Crippen LogP contribution in [-0.2, 0) is 11.3 Å². The molecule has 0 spiro atoms. The predicted octanol–water partition coefficient (Wildman–Crippen LogP) is 4.73. The summed E-state index contributed by atoms with van der Waals surface area (Å²) >= 11 is 0. The summed E-state index contributed by atoms with van der Waals surface area (Å²) in [6, 6.07) is 20.8. The lowest BCUT2D eigenvalue weighted by Crippen LogP contribution is -2.40. The normalized spacial score (nSPS) is 14.7. The van der Waals surface area contributed by atoms with E-state index in [1.807, 2.05) is 54.9 Å². The number of anilines is 1. The quantitative estimate of drug-likeness (QED) is 0.593. The van der Waals surface area contributed by atoms with Crippen molar-refractivity contribution in [1.29, 1.82) is 0 Å². The zero-order valence-electron chi connectivity index (χ0n) is 18.0. The Kier molecular flexibility index (Phi) is 6.00. The van der Waals surface area contributed by atoms with Crippen molar-refractivity contribution in [2.75, 3.05) is 11.9 Å². The summed E-state index contributed by atoms with van der Waals surface area (Å²) in [5.41, 5.74) is 4.81. The summed E-state index contributed by atoms with van der Waals surface area (Å²) in [4.78, 5) is 15.3. The first-order chi connectivity index (χ1) is 14.5. The summed E-state index contributed by atoms with van der Waals surface area (Å²) in [7, 11) is 0. The number of carbonyl (C=O) groups excluding carboxylic acids is 1. The number of rotatable bonds is 8. The van der Waals surface area contributed by atoms with Gasteiger partial charge in [0.25, 0.3) is 0 Å². The summed E-state index contributed by atoms with van der Waals surface area (Å²) < 4.78 is 1.89. The minimum atomic E-state index is 0.0113. The molecule has 5 heteroatoms. The first kappa shape index (κ1) is 20.4. The molecule has 30 heavy (non-hydrogen) atoms. The Morgan fingerprint density at radius 2 is 1.73 bits per heavy atom. The van der Waals surface area contributed by atoms with Crippen molar-refractivity contribution in [3.8, 4) is 5.69 Å². The molecule has 0 saturated heterocycles. The molecule has 0 bridgehead atoms. The third kappa shape index (κ3) is 4.62. The van der Waals surface area contributed by atoms with E-state index in [0.29, 0.717) is 18.5 Å². The summed E-state index contributed by atoms with van der Waals surface area (Å²) in [5, 5.41) is 7.78. The number of nitrogens with zero attached hydrogens (tertiary/aromatic N) is 3. The van der Waals surface area contributed by atoms with Gasteiger partial charge in [0.2, 0.25) is 5.91 Å². The van der Waals surface area contributed by atoms with E-state index >= 15 is 0 Å². The molecule has 156 valence electrons. The van der Waals surface area contributed by atoms with Crippen LogP contribution in [0.25, 0.3) is 5.69 Å². The van der Waals surface area contributed by atoms with Crippen LogP contribution in [0.5, 0.6) is 0 Å². The number of aromatic nitrogens is 2. The van der Waals surface area contributed by atoms with Crippen LogP contribution in [0.15, 0.2) is 60.7 Å². The van der Waals surface area contributed by atoms with E-state index in [0.717, 1.165) is 29.3 Å². The van der Waals surface area contributed by atoms with E-state index in [-0.39, 0.29) is 5.91 Å². The minimum Gasteiger partial charge on any atom is -0.322 e. The fourth-order valence-corrected chi connectivity index (χ4v) is 4.05. The van der Waals surface area contributed by atoms with Crippen molar-refractivity contribution < 1.29 is 4.79 Å². The topological polar surface area (TPSA) is 50.2 Å². The molecular formula is C25H30N4O. The Hall–Kier alpha value is -2.92. The van der Waals surface area contributed by atoms with Crippen LogP contribution in [0.2, 0.25) is 0 Å². The second-order valence-corrected chi connectivity index (χ2v) is 8.31. The van der Waals surface area contributed by atoms with Gasteiger partial charge in [-0.25, -0.2) is 4.68 Å². The Morgan fingerprint density at radius 1 is 1.10 bits per heavy atom. The lowest BCUT2D eigenvalue weighted by atomic mass is 10.1. The highest BCUT2D eigenvalue weighted by molar-refractivity contribution is 5.93. The van der Waals surface area contributed by atoms with E-state index in [1.54, 1.807) is 0 Å². The van der Waals surface area contributed by atoms with Crippen molar-refractivity contribution in [3.63, 3.8) is 0 Å². The average molecular weight is 403 g/mol. The van der Waals surface area contributed by atoms with Crippen LogP contribution in [-0.4, -0.2) is 33.2 Å². The van der Waals surface area contributed by atoms with Crippen LogP contribution in [0.1, 0.15) is 36.7 Å². The van der Waals surface area contributed by atoms with E-state index in [4.69, 9.17) is 0 Å². The number of aryl methyl sites for hydroxylation is 1. The van der Waals surface area contributed by atoms with Crippen molar-refractivity contribution >= 4 is 11.6 Å². The number of hydrogen-bond donors (Lipinski definition) is 1. The fraction of sp³-hybridized carbons (Fsp3) is 0.360. The van der Waals surface area contributed by atoms with Crippen molar-refractivity contribution in [2.24, 2.45) is 5.92 Å². The lowest BCUT2D eigenvalue weighted by Gasteiger charge is -2.28. The van der Waals surface area contributed by atoms with Gasteiger partial charge in [0.1, 0.15) is 0 Å². The van der Waals surface area contributed by atoms with Gasteiger partial charge in [-0.2, -0.15) is 5.10 Å². The maximum atomic E-state index is 13.0. The fourth-order valence-electron chi connectivity index (χ4n) is 4.05. The molecule has 1 aliphatic carbocycles. The lowest BCUT2D eigenvalue weighted by molar-refractivity contribution is -0.118. The van der Waals surface area contributed by atoms with Crippen LogP contribution >= 0.6 is 0 Å². The van der Waals surface area contributed by atoms with Gasteiger partial charge in [-0.1, -0.05) is 48.5 Å². The van der Waals surface area contributed by atoms with Crippen LogP contribution in [0.3, 0.4) is 0 Å². The molecule has 1 N–H and O–H groups in total. The van der Waals surface area contributed by atoms with Crippen molar-refractivity contribution in [1.82, 2.24) is 14.7 Å². The molecule has 1 aliphatic rings. The first-order valence-corrected chi connectivity index (χ1v) is 10.7. The smallest absolute Gasteiger partial charge is 0.238 e. The third-order valence-corrected chi connectivity index (χ3v) is 6.01. The first-order valence-electron chi connectivity index (χ1n) is 10.7. The molecule has 1 fully saturated rings. The van der Waals surface area contributed by atoms with E-state index < -0.39 is 0 Å². The van der Waals surface area contributed by atoms with Gasteiger partial charge in [0.15, 0.2) is 0 Å².